The first-order valence-electron chi connectivity index (χ1n) is 7.29. The van der Waals surface area contributed by atoms with Gasteiger partial charge >= 0.3 is 11.6 Å². The summed E-state index contributed by atoms with van der Waals surface area (Å²) in [6, 6.07) is 13.7. The van der Waals surface area contributed by atoms with Gasteiger partial charge in [-0.15, -0.1) is 0 Å². The van der Waals surface area contributed by atoms with Crippen LogP contribution in [0.25, 0.3) is 11.0 Å². The van der Waals surface area contributed by atoms with Gasteiger partial charge in [0.1, 0.15) is 17.8 Å². The van der Waals surface area contributed by atoms with E-state index in [0.29, 0.717) is 22.5 Å². The summed E-state index contributed by atoms with van der Waals surface area (Å²) in [6.07, 6.45) is 0. The largest absolute Gasteiger partial charge is 0.457 e. The molecule has 2 heterocycles. The zero-order valence-electron chi connectivity index (χ0n) is 12.5. The van der Waals surface area contributed by atoms with Crippen molar-refractivity contribution in [1.29, 1.82) is 0 Å². The van der Waals surface area contributed by atoms with Crippen molar-refractivity contribution in [2.45, 2.75) is 6.61 Å². The Hall–Kier alpha value is -3.28. The summed E-state index contributed by atoms with van der Waals surface area (Å²) in [7, 11) is 0. The third-order valence-corrected chi connectivity index (χ3v) is 3.67. The molecule has 1 aliphatic rings. The fraction of sp³-hybridized carbons (Fsp3) is 0.111. The molecule has 6 heteroatoms. The maximum atomic E-state index is 12.2. The second kappa shape index (κ2) is 5.73. The van der Waals surface area contributed by atoms with Crippen LogP contribution in [0.1, 0.15) is 15.9 Å². The van der Waals surface area contributed by atoms with Crippen molar-refractivity contribution in [1.82, 2.24) is 0 Å². The number of carbonyl (C=O) groups is 1. The maximum Gasteiger partial charge on any atom is 0.351 e. The first kappa shape index (κ1) is 14.3. The molecule has 0 aliphatic carbocycles. The van der Waals surface area contributed by atoms with Gasteiger partial charge in [-0.1, -0.05) is 24.3 Å². The predicted molar refractivity (Wildman–Crippen MR) is 84.2 cm³/mol. The van der Waals surface area contributed by atoms with Crippen molar-refractivity contribution in [2.24, 2.45) is 0 Å². The zero-order chi connectivity index (χ0) is 16.5. The van der Waals surface area contributed by atoms with E-state index in [0.717, 1.165) is 5.56 Å². The average molecular weight is 324 g/mol. The number of hydrogen-bond donors (Lipinski definition) is 0. The Bertz CT molecular complexity index is 988. The van der Waals surface area contributed by atoms with E-state index >= 15 is 0 Å². The maximum absolute atomic E-state index is 12.2. The second-order valence-electron chi connectivity index (χ2n) is 5.25. The normalized spacial score (nSPS) is 12.3. The molecule has 1 aromatic heterocycles. The molecule has 0 N–H and O–H groups in total. The lowest BCUT2D eigenvalue weighted by molar-refractivity contribution is 0.0468. The summed E-state index contributed by atoms with van der Waals surface area (Å²) >= 11 is 0. The summed E-state index contributed by atoms with van der Waals surface area (Å²) in [5.41, 5.74) is 0.312. The molecular formula is C18H12O6. The van der Waals surface area contributed by atoms with Gasteiger partial charge in [0.15, 0.2) is 11.5 Å². The number of fused-ring (bicyclic) bond motifs is 2. The summed E-state index contributed by atoms with van der Waals surface area (Å²) < 4.78 is 20.8. The second-order valence-corrected chi connectivity index (χ2v) is 5.25. The van der Waals surface area contributed by atoms with Crippen molar-refractivity contribution >= 4 is 16.9 Å². The van der Waals surface area contributed by atoms with E-state index in [4.69, 9.17) is 18.6 Å². The lowest BCUT2D eigenvalue weighted by atomic mass is 10.2. The molecule has 0 unspecified atom stereocenters. The molecule has 6 nitrogen and oxygen atoms in total. The number of carbonyl (C=O) groups excluding carboxylic acids is 1. The number of hydrogen-bond acceptors (Lipinski definition) is 6. The van der Waals surface area contributed by atoms with Crippen LogP contribution in [0.5, 0.6) is 11.5 Å². The van der Waals surface area contributed by atoms with E-state index in [9.17, 15) is 9.59 Å². The van der Waals surface area contributed by atoms with Gasteiger partial charge in [-0.25, -0.2) is 9.59 Å². The number of esters is 1. The van der Waals surface area contributed by atoms with E-state index in [1.54, 1.807) is 42.5 Å². The van der Waals surface area contributed by atoms with E-state index < -0.39 is 11.6 Å². The van der Waals surface area contributed by atoms with Crippen LogP contribution in [0.2, 0.25) is 0 Å². The minimum atomic E-state index is -0.729. The Kier molecular flexibility index (Phi) is 3.42. The van der Waals surface area contributed by atoms with Gasteiger partial charge in [0.05, 0.1) is 0 Å². The Labute approximate surface area is 136 Å². The highest BCUT2D eigenvalue weighted by Crippen LogP contribution is 2.32. The van der Waals surface area contributed by atoms with Gasteiger partial charge in [0.2, 0.25) is 6.79 Å². The first-order valence-corrected chi connectivity index (χ1v) is 7.29. The molecule has 24 heavy (non-hydrogen) atoms. The molecule has 2 aromatic carbocycles. The molecule has 0 saturated carbocycles. The predicted octanol–water partition coefficient (Wildman–Crippen LogP) is 2.88. The van der Waals surface area contributed by atoms with E-state index in [2.05, 4.69) is 0 Å². The van der Waals surface area contributed by atoms with Crippen molar-refractivity contribution in [2.75, 3.05) is 6.79 Å². The average Bonchev–Trinajstić information content (AvgIpc) is 3.06. The molecule has 0 saturated heterocycles. The molecule has 120 valence electrons. The molecule has 0 spiro atoms. The zero-order valence-corrected chi connectivity index (χ0v) is 12.5. The Morgan fingerprint density at radius 2 is 1.88 bits per heavy atom. The van der Waals surface area contributed by atoms with Gasteiger partial charge in [0, 0.05) is 5.39 Å². The van der Waals surface area contributed by atoms with Gasteiger partial charge in [-0.05, 0) is 29.8 Å². The summed E-state index contributed by atoms with van der Waals surface area (Å²) in [4.78, 5) is 24.1. The van der Waals surface area contributed by atoms with Crippen LogP contribution >= 0.6 is 0 Å². The Morgan fingerprint density at radius 3 is 2.79 bits per heavy atom. The highest BCUT2D eigenvalue weighted by atomic mass is 16.7. The van der Waals surface area contributed by atoms with E-state index in [-0.39, 0.29) is 19.0 Å². The van der Waals surface area contributed by atoms with E-state index in [1.165, 1.54) is 6.07 Å². The third kappa shape index (κ3) is 2.58. The summed E-state index contributed by atoms with van der Waals surface area (Å²) in [6.45, 7) is 0.193. The lowest BCUT2D eigenvalue weighted by Gasteiger charge is -2.06. The quantitative estimate of drug-likeness (QED) is 0.545. The minimum Gasteiger partial charge on any atom is -0.457 e. The van der Waals surface area contributed by atoms with Gasteiger partial charge in [-0.2, -0.15) is 0 Å². The van der Waals surface area contributed by atoms with Gasteiger partial charge in [0.25, 0.3) is 0 Å². The Morgan fingerprint density at radius 1 is 1.04 bits per heavy atom. The number of benzene rings is 2. The van der Waals surface area contributed by atoms with Crippen molar-refractivity contribution < 1.29 is 23.4 Å². The molecule has 1 aliphatic heterocycles. The summed E-state index contributed by atoms with van der Waals surface area (Å²) in [5.74, 6) is 0.529. The lowest BCUT2D eigenvalue weighted by Crippen LogP contribution is -2.16. The highest BCUT2D eigenvalue weighted by Gasteiger charge is 2.17. The molecule has 0 bridgehead atoms. The summed E-state index contributed by atoms with van der Waals surface area (Å²) in [5, 5.41) is 0.659. The SMILES string of the molecule is O=C(OCc1ccc2c(c1)OCO2)c1cc2ccccc2oc1=O. The standard InChI is InChI=1S/C18H12O6/c19-17(13-8-12-3-1-2-4-14(12)24-18(13)20)21-9-11-5-6-15-16(7-11)23-10-22-15/h1-8H,9-10H2. The smallest absolute Gasteiger partial charge is 0.351 e. The van der Waals surface area contributed by atoms with Crippen LogP contribution in [0.3, 0.4) is 0 Å². The minimum absolute atomic E-state index is 0.0156. The van der Waals surface area contributed by atoms with Crippen molar-refractivity contribution in [3.63, 3.8) is 0 Å². The van der Waals surface area contributed by atoms with Crippen molar-refractivity contribution in [3.05, 3.63) is 70.1 Å². The monoisotopic (exact) mass is 324 g/mol. The van der Waals surface area contributed by atoms with Crippen LogP contribution in [-0.4, -0.2) is 12.8 Å². The molecular weight excluding hydrogens is 312 g/mol. The van der Waals surface area contributed by atoms with Crippen molar-refractivity contribution in [3.8, 4) is 11.5 Å². The molecule has 0 fully saturated rings. The van der Waals surface area contributed by atoms with Crippen LogP contribution in [-0.2, 0) is 11.3 Å². The van der Waals surface area contributed by atoms with Gasteiger partial charge < -0.3 is 18.6 Å². The molecule has 0 atom stereocenters. The fourth-order valence-corrected chi connectivity index (χ4v) is 2.46. The van der Waals surface area contributed by atoms with Crippen LogP contribution in [0, 0.1) is 0 Å². The molecule has 3 aromatic rings. The topological polar surface area (TPSA) is 75.0 Å². The third-order valence-electron chi connectivity index (χ3n) is 3.67. The fourth-order valence-electron chi connectivity index (χ4n) is 2.46. The first-order chi connectivity index (χ1) is 11.7. The van der Waals surface area contributed by atoms with Crippen LogP contribution < -0.4 is 15.1 Å². The van der Waals surface area contributed by atoms with E-state index in [1.807, 2.05) is 0 Å². The Balaban J connectivity index is 1.54. The number of ether oxygens (including phenoxy) is 3. The van der Waals surface area contributed by atoms with Gasteiger partial charge in [-0.3, -0.25) is 0 Å². The molecule has 0 radical (unpaired) electrons. The molecule has 4 rings (SSSR count). The highest BCUT2D eigenvalue weighted by molar-refractivity contribution is 5.92. The molecule has 0 amide bonds. The number of para-hydroxylation sites is 1. The number of rotatable bonds is 3. The van der Waals surface area contributed by atoms with Crippen LogP contribution in [0.4, 0.5) is 0 Å². The van der Waals surface area contributed by atoms with Crippen LogP contribution in [0.15, 0.2) is 57.7 Å².